The van der Waals surface area contributed by atoms with Gasteiger partial charge in [0, 0.05) is 17.7 Å². The van der Waals surface area contributed by atoms with E-state index < -0.39 is 0 Å². The third-order valence-corrected chi connectivity index (χ3v) is 2.59. The number of halogens is 1. The molecule has 0 aliphatic rings. The average molecular weight is 190 g/mol. The molecule has 0 fully saturated rings. The molecule has 0 aromatic carbocycles. The van der Waals surface area contributed by atoms with Gasteiger partial charge in [0.05, 0.1) is 10.7 Å². The predicted octanol–water partition coefficient (Wildman–Crippen LogP) is 3.05. The monoisotopic (exact) mass is 189 g/mol. The van der Waals surface area contributed by atoms with E-state index in [0.717, 1.165) is 11.4 Å². The lowest BCUT2D eigenvalue weighted by Crippen LogP contribution is -1.89. The van der Waals surface area contributed by atoms with Crippen LogP contribution in [0.3, 0.4) is 0 Å². The van der Waals surface area contributed by atoms with Crippen molar-refractivity contribution in [1.82, 2.24) is 4.98 Å². The van der Waals surface area contributed by atoms with Gasteiger partial charge in [0.25, 0.3) is 0 Å². The van der Waals surface area contributed by atoms with Crippen LogP contribution in [0.25, 0.3) is 0 Å². The molecule has 62 valence electrons. The van der Waals surface area contributed by atoms with Crippen LogP contribution in [0.2, 0.25) is 0 Å². The Bertz CT molecular complexity index is 220. The molecule has 0 aliphatic heterocycles. The first kappa shape index (κ1) is 9.01. The normalized spacial score (nSPS) is 10.9. The standard InChI is InChI=1S/C8H12ClNS/c1-6(2)7-5-11-8(10-7)3-4-9/h5-6H,3-4H2,1-2H3. The number of nitrogens with zero attached hydrogens (tertiary/aromatic N) is 1. The number of hydrogen-bond donors (Lipinski definition) is 0. The first-order valence-corrected chi connectivity index (χ1v) is 5.15. The number of aromatic nitrogens is 1. The molecule has 0 radical (unpaired) electrons. The highest BCUT2D eigenvalue weighted by molar-refractivity contribution is 7.09. The maximum absolute atomic E-state index is 5.59. The molecular formula is C8H12ClNS. The van der Waals surface area contributed by atoms with Crippen molar-refractivity contribution in [2.75, 3.05) is 5.88 Å². The van der Waals surface area contributed by atoms with Crippen molar-refractivity contribution in [3.63, 3.8) is 0 Å². The highest BCUT2D eigenvalue weighted by atomic mass is 35.5. The SMILES string of the molecule is CC(C)c1csc(CCCl)n1. The molecule has 1 heterocycles. The first-order valence-electron chi connectivity index (χ1n) is 3.74. The van der Waals surface area contributed by atoms with Gasteiger partial charge in [0.1, 0.15) is 0 Å². The fourth-order valence-corrected chi connectivity index (χ4v) is 2.04. The predicted molar refractivity (Wildman–Crippen MR) is 50.6 cm³/mol. The van der Waals surface area contributed by atoms with Crippen molar-refractivity contribution < 1.29 is 0 Å². The van der Waals surface area contributed by atoms with Crippen molar-refractivity contribution in [2.24, 2.45) is 0 Å². The van der Waals surface area contributed by atoms with Crippen LogP contribution in [0.4, 0.5) is 0 Å². The summed E-state index contributed by atoms with van der Waals surface area (Å²) < 4.78 is 0. The van der Waals surface area contributed by atoms with Gasteiger partial charge in [-0.1, -0.05) is 13.8 Å². The van der Waals surface area contributed by atoms with Crippen LogP contribution in [0.5, 0.6) is 0 Å². The lowest BCUT2D eigenvalue weighted by Gasteiger charge is -1.96. The zero-order valence-corrected chi connectivity index (χ0v) is 8.37. The Morgan fingerprint density at radius 1 is 1.64 bits per heavy atom. The molecule has 0 saturated carbocycles. The van der Waals surface area contributed by atoms with Crippen LogP contribution in [-0.2, 0) is 6.42 Å². The summed E-state index contributed by atoms with van der Waals surface area (Å²) in [6.07, 6.45) is 0.902. The van der Waals surface area contributed by atoms with Crippen molar-refractivity contribution in [3.05, 3.63) is 16.1 Å². The quantitative estimate of drug-likeness (QED) is 0.667. The van der Waals surface area contributed by atoms with E-state index in [9.17, 15) is 0 Å². The Balaban J connectivity index is 2.66. The zero-order valence-electron chi connectivity index (χ0n) is 6.80. The molecule has 0 spiro atoms. The molecule has 11 heavy (non-hydrogen) atoms. The minimum Gasteiger partial charge on any atom is -0.246 e. The Hall–Kier alpha value is -0.0800. The van der Waals surface area contributed by atoms with Crippen molar-refractivity contribution in [1.29, 1.82) is 0 Å². The fourth-order valence-electron chi connectivity index (χ4n) is 0.786. The van der Waals surface area contributed by atoms with Crippen molar-refractivity contribution in [2.45, 2.75) is 26.2 Å². The highest BCUT2D eigenvalue weighted by Crippen LogP contribution is 2.17. The summed E-state index contributed by atoms with van der Waals surface area (Å²) in [7, 11) is 0. The van der Waals surface area contributed by atoms with E-state index in [4.69, 9.17) is 11.6 Å². The Morgan fingerprint density at radius 3 is 2.82 bits per heavy atom. The Kier molecular flexibility index (Phi) is 3.34. The molecule has 0 bridgehead atoms. The van der Waals surface area contributed by atoms with E-state index in [2.05, 4.69) is 24.2 Å². The van der Waals surface area contributed by atoms with Gasteiger partial charge in [-0.25, -0.2) is 4.98 Å². The minimum absolute atomic E-state index is 0.537. The summed E-state index contributed by atoms with van der Waals surface area (Å²) >= 11 is 7.30. The number of aryl methyl sites for hydroxylation is 1. The van der Waals surface area contributed by atoms with Crippen molar-refractivity contribution in [3.8, 4) is 0 Å². The van der Waals surface area contributed by atoms with Crippen LogP contribution < -0.4 is 0 Å². The van der Waals surface area contributed by atoms with Gasteiger partial charge in [-0.2, -0.15) is 0 Å². The van der Waals surface area contributed by atoms with Gasteiger partial charge in [0.2, 0.25) is 0 Å². The largest absolute Gasteiger partial charge is 0.246 e. The summed E-state index contributed by atoms with van der Waals surface area (Å²) in [6, 6.07) is 0. The van der Waals surface area contributed by atoms with Gasteiger partial charge in [0.15, 0.2) is 0 Å². The van der Waals surface area contributed by atoms with Crippen LogP contribution in [0, 0.1) is 0 Å². The van der Waals surface area contributed by atoms with E-state index in [1.807, 2.05) is 0 Å². The number of alkyl halides is 1. The van der Waals surface area contributed by atoms with Crippen LogP contribution in [0.1, 0.15) is 30.5 Å². The molecule has 3 heteroatoms. The summed E-state index contributed by atoms with van der Waals surface area (Å²) in [6.45, 7) is 4.30. The van der Waals surface area contributed by atoms with Gasteiger partial charge < -0.3 is 0 Å². The summed E-state index contributed by atoms with van der Waals surface area (Å²) in [5, 5.41) is 3.27. The average Bonchev–Trinajstić information content (AvgIpc) is 2.37. The van der Waals surface area contributed by atoms with Crippen LogP contribution in [-0.4, -0.2) is 10.9 Å². The summed E-state index contributed by atoms with van der Waals surface area (Å²) in [4.78, 5) is 4.43. The van der Waals surface area contributed by atoms with E-state index >= 15 is 0 Å². The second-order valence-electron chi connectivity index (χ2n) is 2.76. The van der Waals surface area contributed by atoms with Crippen LogP contribution >= 0.6 is 22.9 Å². The molecule has 0 N–H and O–H groups in total. The highest BCUT2D eigenvalue weighted by Gasteiger charge is 2.03. The third-order valence-electron chi connectivity index (χ3n) is 1.47. The number of thiazole rings is 1. The molecule has 0 saturated heterocycles. The number of rotatable bonds is 3. The molecule has 0 unspecified atom stereocenters. The fraction of sp³-hybridized carbons (Fsp3) is 0.625. The lowest BCUT2D eigenvalue weighted by molar-refractivity contribution is 0.824. The van der Waals surface area contributed by atoms with Crippen LogP contribution in [0.15, 0.2) is 5.38 Å². The Morgan fingerprint density at radius 2 is 2.36 bits per heavy atom. The molecule has 0 atom stereocenters. The zero-order chi connectivity index (χ0) is 8.27. The summed E-state index contributed by atoms with van der Waals surface area (Å²) in [5.74, 6) is 1.21. The lowest BCUT2D eigenvalue weighted by atomic mass is 10.2. The summed E-state index contributed by atoms with van der Waals surface area (Å²) in [5.41, 5.74) is 1.19. The first-order chi connectivity index (χ1) is 5.24. The molecule has 1 aromatic heterocycles. The van der Waals surface area contributed by atoms with E-state index in [0.29, 0.717) is 11.8 Å². The molecule has 0 aliphatic carbocycles. The molecular weight excluding hydrogens is 178 g/mol. The maximum atomic E-state index is 5.59. The van der Waals surface area contributed by atoms with Crippen molar-refractivity contribution >= 4 is 22.9 Å². The molecule has 0 amide bonds. The number of hydrogen-bond acceptors (Lipinski definition) is 2. The van der Waals surface area contributed by atoms with Gasteiger partial charge in [-0.15, -0.1) is 22.9 Å². The molecule has 1 aromatic rings. The third kappa shape index (κ3) is 2.46. The van der Waals surface area contributed by atoms with Gasteiger partial charge in [-0.3, -0.25) is 0 Å². The molecule has 1 nitrogen and oxygen atoms in total. The maximum Gasteiger partial charge on any atom is 0.0940 e. The van der Waals surface area contributed by atoms with E-state index in [-0.39, 0.29) is 0 Å². The van der Waals surface area contributed by atoms with E-state index in [1.54, 1.807) is 11.3 Å². The molecule has 1 rings (SSSR count). The Labute approximate surface area is 76.4 Å². The smallest absolute Gasteiger partial charge is 0.0940 e. The minimum atomic E-state index is 0.537. The topological polar surface area (TPSA) is 12.9 Å². The second-order valence-corrected chi connectivity index (χ2v) is 4.08. The van der Waals surface area contributed by atoms with Gasteiger partial charge in [-0.05, 0) is 5.92 Å². The second kappa shape index (κ2) is 4.07. The van der Waals surface area contributed by atoms with Gasteiger partial charge >= 0.3 is 0 Å². The van der Waals surface area contributed by atoms with E-state index in [1.165, 1.54) is 5.69 Å².